The largest absolute Gasteiger partial charge is 0.507 e. The first kappa shape index (κ1) is 34.6. The summed E-state index contributed by atoms with van der Waals surface area (Å²) >= 11 is 0. The Labute approximate surface area is 284 Å². The number of ketones is 2. The molecule has 7 N–H and O–H groups in total. The van der Waals surface area contributed by atoms with E-state index in [0.29, 0.717) is 0 Å². The summed E-state index contributed by atoms with van der Waals surface area (Å²) in [6.07, 6.45) is -4.97. The van der Waals surface area contributed by atoms with Crippen LogP contribution in [0, 0.1) is 10.1 Å². The Kier molecular flexibility index (Phi) is 8.92. The maximum atomic E-state index is 13.9. The summed E-state index contributed by atoms with van der Waals surface area (Å²) in [5.74, 6) is -3.61. The van der Waals surface area contributed by atoms with Gasteiger partial charge < -0.3 is 40.4 Å². The standard InChI is InChI=1S/C34H34N4O12/c1-14-28(39)20(35)11-23(49-14)50-22-13-34(45,15(2)36-37-33(44)16-6-4-7-17(10-16)38(46)47)12-19-25(22)32(43)27-26(30(19)41)29(40)18-8-5-9-21(48-3)24(18)31(27)42/h4-10,14,20,22-23,28,39,41,43,45H,11-13,35H2,1-3H3,(H,37,44)/b36-15+/t14-,20?,22+,23-,28+,34-/m0/s1. The minimum absolute atomic E-state index is 0.00177. The molecule has 1 amide bonds. The molecule has 3 aromatic carbocycles. The highest BCUT2D eigenvalue weighted by Crippen LogP contribution is 2.52. The number of amides is 1. The number of hydrogen-bond donors (Lipinski definition) is 6. The van der Waals surface area contributed by atoms with Gasteiger partial charge in [0, 0.05) is 59.7 Å². The molecule has 1 fully saturated rings. The lowest BCUT2D eigenvalue weighted by Gasteiger charge is -2.42. The normalized spacial score (nSPS) is 26.0. The van der Waals surface area contributed by atoms with Crippen molar-refractivity contribution in [3.8, 4) is 17.2 Å². The molecule has 1 saturated heterocycles. The lowest BCUT2D eigenvalue weighted by molar-refractivity contribution is -0.384. The summed E-state index contributed by atoms with van der Waals surface area (Å²) in [5.41, 5.74) is 4.58. The minimum atomic E-state index is -2.00. The molecule has 50 heavy (non-hydrogen) atoms. The maximum Gasteiger partial charge on any atom is 0.271 e. The highest BCUT2D eigenvalue weighted by atomic mass is 16.7. The molecule has 1 heterocycles. The van der Waals surface area contributed by atoms with Crippen molar-refractivity contribution in [2.24, 2.45) is 10.8 Å². The van der Waals surface area contributed by atoms with Gasteiger partial charge in [-0.2, -0.15) is 5.10 Å². The molecule has 0 saturated carbocycles. The fraction of sp³-hybridized carbons (Fsp3) is 0.353. The Bertz CT molecular complexity index is 1970. The lowest BCUT2D eigenvalue weighted by atomic mass is 9.71. The third-order valence-electron chi connectivity index (χ3n) is 9.46. The summed E-state index contributed by atoms with van der Waals surface area (Å²) in [6, 6.07) is 8.55. The number of aromatic hydroxyl groups is 2. The fourth-order valence-corrected chi connectivity index (χ4v) is 6.73. The first-order valence-electron chi connectivity index (χ1n) is 15.6. The number of aliphatic hydroxyl groups excluding tert-OH is 1. The lowest BCUT2D eigenvalue weighted by Crippen LogP contribution is -2.52. The van der Waals surface area contributed by atoms with E-state index in [1.54, 1.807) is 6.92 Å². The summed E-state index contributed by atoms with van der Waals surface area (Å²) in [6.45, 7) is 2.97. The zero-order chi connectivity index (χ0) is 36.2. The number of carbonyl (C=O) groups excluding carboxylic acids is 3. The van der Waals surface area contributed by atoms with Gasteiger partial charge in [-0.15, -0.1) is 0 Å². The molecular weight excluding hydrogens is 656 g/mol. The van der Waals surface area contributed by atoms with Crippen LogP contribution in [0.1, 0.15) is 86.1 Å². The summed E-state index contributed by atoms with van der Waals surface area (Å²) < 4.78 is 17.4. The van der Waals surface area contributed by atoms with E-state index < -0.39 is 87.7 Å². The van der Waals surface area contributed by atoms with Crippen molar-refractivity contribution < 1.29 is 53.9 Å². The molecule has 6 atom stereocenters. The van der Waals surface area contributed by atoms with Gasteiger partial charge in [-0.1, -0.05) is 18.2 Å². The maximum absolute atomic E-state index is 13.9. The second-order valence-corrected chi connectivity index (χ2v) is 12.5. The van der Waals surface area contributed by atoms with Gasteiger partial charge in [-0.25, -0.2) is 5.43 Å². The van der Waals surface area contributed by atoms with Crippen LogP contribution in [0.5, 0.6) is 17.2 Å². The van der Waals surface area contributed by atoms with Crippen molar-refractivity contribution in [2.45, 2.75) is 69.4 Å². The van der Waals surface area contributed by atoms with E-state index >= 15 is 0 Å². The molecule has 16 nitrogen and oxygen atoms in total. The Hall–Kier alpha value is -5.26. The number of rotatable bonds is 7. The number of phenolic OH excluding ortho intramolecular Hbond substituents is 2. The average molecular weight is 691 g/mol. The number of nitrogens with zero attached hydrogens (tertiary/aromatic N) is 2. The van der Waals surface area contributed by atoms with Crippen molar-refractivity contribution in [3.05, 3.63) is 91.5 Å². The van der Waals surface area contributed by atoms with Crippen LogP contribution in [-0.2, 0) is 15.9 Å². The van der Waals surface area contributed by atoms with E-state index in [4.69, 9.17) is 19.9 Å². The molecule has 2 aliphatic carbocycles. The second kappa shape index (κ2) is 12.9. The molecule has 262 valence electrons. The molecule has 0 spiro atoms. The van der Waals surface area contributed by atoms with Gasteiger partial charge in [0.15, 0.2) is 12.1 Å². The SMILES string of the molecule is COc1cccc2c1C(=O)c1c(O)c3c(c(O)c1C2=O)C[C@@](O)(/C(C)=N/NC(=O)c1cccc([N+](=O)[O-])c1)C[C@H]3O[C@H]1CC(N)[C@H](O)[C@H](C)O1. The molecule has 0 aromatic heterocycles. The fourth-order valence-electron chi connectivity index (χ4n) is 6.73. The number of phenols is 2. The quantitative estimate of drug-likeness (QED) is 0.0704. The number of nitro benzene ring substituents is 1. The molecule has 6 rings (SSSR count). The predicted molar refractivity (Wildman–Crippen MR) is 173 cm³/mol. The molecule has 3 aromatic rings. The van der Waals surface area contributed by atoms with E-state index in [1.807, 2.05) is 0 Å². The number of aliphatic hydroxyl groups is 2. The average Bonchev–Trinajstić information content (AvgIpc) is 3.09. The zero-order valence-electron chi connectivity index (χ0n) is 27.1. The molecular formula is C34H34N4O12. The summed E-state index contributed by atoms with van der Waals surface area (Å²) in [7, 11) is 1.32. The van der Waals surface area contributed by atoms with E-state index in [1.165, 1.54) is 50.4 Å². The summed E-state index contributed by atoms with van der Waals surface area (Å²) in [5, 5.41) is 61.1. The van der Waals surface area contributed by atoms with Crippen LogP contribution in [0.3, 0.4) is 0 Å². The van der Waals surface area contributed by atoms with E-state index in [-0.39, 0.29) is 57.8 Å². The first-order valence-corrected chi connectivity index (χ1v) is 15.6. The number of nitrogens with one attached hydrogen (secondary N) is 1. The minimum Gasteiger partial charge on any atom is -0.507 e. The van der Waals surface area contributed by atoms with Crippen molar-refractivity contribution in [2.75, 3.05) is 7.11 Å². The Morgan fingerprint density at radius 2 is 1.82 bits per heavy atom. The predicted octanol–water partition coefficient (Wildman–Crippen LogP) is 2.15. The number of hydrazone groups is 1. The molecule has 0 radical (unpaired) electrons. The monoisotopic (exact) mass is 690 g/mol. The topological polar surface area (TPSA) is 253 Å². The molecule has 1 aliphatic heterocycles. The van der Waals surface area contributed by atoms with Crippen LogP contribution in [0.25, 0.3) is 0 Å². The van der Waals surface area contributed by atoms with E-state index in [2.05, 4.69) is 10.5 Å². The number of nitrogens with two attached hydrogens (primary N) is 1. The first-order chi connectivity index (χ1) is 23.7. The number of nitro groups is 1. The van der Waals surface area contributed by atoms with E-state index in [9.17, 15) is 44.9 Å². The highest BCUT2D eigenvalue weighted by Gasteiger charge is 2.49. The van der Waals surface area contributed by atoms with Gasteiger partial charge in [-0.05, 0) is 26.0 Å². The van der Waals surface area contributed by atoms with Gasteiger partial charge in [0.2, 0.25) is 5.78 Å². The number of non-ortho nitro benzene ring substituents is 1. The Balaban J connectivity index is 1.43. The van der Waals surface area contributed by atoms with Crippen LogP contribution in [0.2, 0.25) is 0 Å². The number of methoxy groups -OCH3 is 1. The van der Waals surface area contributed by atoms with Crippen molar-refractivity contribution in [3.63, 3.8) is 0 Å². The van der Waals surface area contributed by atoms with Crippen molar-refractivity contribution in [1.29, 1.82) is 0 Å². The Morgan fingerprint density at radius 1 is 1.12 bits per heavy atom. The molecule has 0 bridgehead atoms. The van der Waals surface area contributed by atoms with Gasteiger partial charge in [0.25, 0.3) is 11.6 Å². The van der Waals surface area contributed by atoms with Crippen molar-refractivity contribution in [1.82, 2.24) is 5.43 Å². The van der Waals surface area contributed by atoms with Gasteiger partial charge in [0.05, 0.1) is 52.7 Å². The highest BCUT2D eigenvalue weighted by molar-refractivity contribution is 6.31. The Morgan fingerprint density at radius 3 is 2.50 bits per heavy atom. The molecule has 16 heteroatoms. The van der Waals surface area contributed by atoms with Crippen LogP contribution in [-0.4, -0.2) is 85.8 Å². The van der Waals surface area contributed by atoms with Gasteiger partial charge in [-0.3, -0.25) is 24.5 Å². The van der Waals surface area contributed by atoms with Crippen LogP contribution in [0.4, 0.5) is 5.69 Å². The van der Waals surface area contributed by atoms with Crippen LogP contribution in [0.15, 0.2) is 47.6 Å². The zero-order valence-corrected chi connectivity index (χ0v) is 27.1. The number of fused-ring (bicyclic) bond motifs is 3. The van der Waals surface area contributed by atoms with Crippen LogP contribution < -0.4 is 15.9 Å². The summed E-state index contributed by atoms with van der Waals surface area (Å²) in [4.78, 5) is 51.1. The van der Waals surface area contributed by atoms with Crippen molar-refractivity contribution >= 4 is 28.9 Å². The molecule has 3 aliphatic rings. The smallest absolute Gasteiger partial charge is 0.271 e. The number of benzene rings is 3. The van der Waals surface area contributed by atoms with Gasteiger partial charge >= 0.3 is 0 Å². The van der Waals surface area contributed by atoms with E-state index in [0.717, 1.165) is 6.07 Å². The molecule has 1 unspecified atom stereocenters. The third-order valence-corrected chi connectivity index (χ3v) is 9.46. The third kappa shape index (κ3) is 5.76. The second-order valence-electron chi connectivity index (χ2n) is 12.5. The number of carbonyl (C=O) groups is 3. The number of ether oxygens (including phenoxy) is 3. The van der Waals surface area contributed by atoms with Crippen LogP contribution >= 0.6 is 0 Å². The number of hydrogen-bond acceptors (Lipinski definition) is 14. The van der Waals surface area contributed by atoms with Gasteiger partial charge in [0.1, 0.15) is 22.8 Å².